The van der Waals surface area contributed by atoms with Gasteiger partial charge in [-0.1, -0.05) is 6.07 Å². The second-order valence-electron chi connectivity index (χ2n) is 7.22. The van der Waals surface area contributed by atoms with E-state index in [1.165, 1.54) is 18.4 Å². The van der Waals surface area contributed by atoms with E-state index in [0.29, 0.717) is 28.4 Å². The molecule has 0 saturated carbocycles. The molecule has 9 heteroatoms. The van der Waals surface area contributed by atoms with Gasteiger partial charge in [-0.25, -0.2) is 12.8 Å². The van der Waals surface area contributed by atoms with Crippen molar-refractivity contribution < 1.29 is 22.3 Å². The first-order valence-corrected chi connectivity index (χ1v) is 11.4. The summed E-state index contributed by atoms with van der Waals surface area (Å²) in [5, 5.41) is 7.34. The van der Waals surface area contributed by atoms with E-state index in [-0.39, 0.29) is 30.6 Å². The van der Waals surface area contributed by atoms with Crippen LogP contribution in [0.5, 0.6) is 5.75 Å². The Morgan fingerprint density at radius 1 is 1.17 bits per heavy atom. The zero-order valence-electron chi connectivity index (χ0n) is 16.5. The lowest BCUT2D eigenvalue weighted by atomic mass is 9.98. The van der Waals surface area contributed by atoms with E-state index < -0.39 is 9.84 Å². The number of carbonyl (C=O) groups excluding carboxylic acids is 1. The number of amides is 1. The molecule has 0 atom stereocenters. The molecule has 1 aliphatic rings. The maximum Gasteiger partial charge on any atom is 0.262 e. The fourth-order valence-corrected chi connectivity index (χ4v) is 3.99. The first kappa shape index (κ1) is 20.1. The molecule has 0 bridgehead atoms. The van der Waals surface area contributed by atoms with Crippen LogP contribution in [0.4, 0.5) is 10.1 Å². The van der Waals surface area contributed by atoms with Crippen LogP contribution in [0.25, 0.3) is 22.4 Å². The lowest BCUT2D eigenvalue weighted by molar-refractivity contribution is -0.118. The molecule has 0 aliphatic carbocycles. The smallest absolute Gasteiger partial charge is 0.262 e. The van der Waals surface area contributed by atoms with Crippen molar-refractivity contribution in [1.29, 1.82) is 0 Å². The highest BCUT2D eigenvalue weighted by atomic mass is 32.2. The van der Waals surface area contributed by atoms with Crippen molar-refractivity contribution in [2.24, 2.45) is 0 Å². The van der Waals surface area contributed by atoms with Crippen molar-refractivity contribution in [3.05, 3.63) is 54.0 Å². The lowest BCUT2D eigenvalue weighted by Gasteiger charge is -2.19. The second kappa shape index (κ2) is 7.56. The highest BCUT2D eigenvalue weighted by Gasteiger charge is 2.22. The number of halogens is 1. The average Bonchev–Trinajstić information content (AvgIpc) is 3.02. The van der Waals surface area contributed by atoms with Crippen LogP contribution < -0.4 is 10.1 Å². The van der Waals surface area contributed by atoms with Gasteiger partial charge in [0.15, 0.2) is 6.61 Å². The standard InChI is InChI=1S/C21H20FN3O4S/c1-13-20(15-5-8-18-17(11-15)23-19(26)12-29-18)21(14-3-6-16(22)7-4-14)25(24-13)9-10-30(2,27)28/h3-8,11H,9-10,12H2,1-2H3,(H,23,26). The summed E-state index contributed by atoms with van der Waals surface area (Å²) in [5.74, 6) is -0.105. The maximum atomic E-state index is 13.5. The molecule has 156 valence electrons. The largest absolute Gasteiger partial charge is 0.482 e. The summed E-state index contributed by atoms with van der Waals surface area (Å²) in [7, 11) is -3.20. The number of benzene rings is 2. The number of aryl methyl sites for hydroxylation is 2. The van der Waals surface area contributed by atoms with Gasteiger partial charge in [0.2, 0.25) is 0 Å². The number of ether oxygens (including phenoxy) is 1. The molecule has 1 amide bonds. The number of hydrogen-bond acceptors (Lipinski definition) is 5. The van der Waals surface area contributed by atoms with E-state index in [0.717, 1.165) is 11.1 Å². The predicted octanol–water partition coefficient (Wildman–Crippen LogP) is 3.04. The average molecular weight is 429 g/mol. The molecule has 3 aromatic rings. The number of hydrogen-bond donors (Lipinski definition) is 1. The Kier molecular flexibility index (Phi) is 5.07. The number of fused-ring (bicyclic) bond motifs is 1. The first-order chi connectivity index (χ1) is 14.2. The van der Waals surface area contributed by atoms with Crippen LogP contribution in [-0.2, 0) is 21.2 Å². The van der Waals surface area contributed by atoms with Crippen molar-refractivity contribution in [2.45, 2.75) is 13.5 Å². The molecule has 0 fully saturated rings. The highest BCUT2D eigenvalue weighted by Crippen LogP contribution is 2.39. The number of nitrogens with one attached hydrogen (secondary N) is 1. The number of sulfone groups is 1. The monoisotopic (exact) mass is 429 g/mol. The molecule has 0 radical (unpaired) electrons. The quantitative estimate of drug-likeness (QED) is 0.673. The molecular weight excluding hydrogens is 409 g/mol. The van der Waals surface area contributed by atoms with Gasteiger partial charge in [-0.3, -0.25) is 9.48 Å². The van der Waals surface area contributed by atoms with Crippen molar-refractivity contribution in [3.63, 3.8) is 0 Å². The molecule has 1 N–H and O–H groups in total. The summed E-state index contributed by atoms with van der Waals surface area (Å²) in [4.78, 5) is 11.7. The molecule has 0 spiro atoms. The highest BCUT2D eigenvalue weighted by molar-refractivity contribution is 7.90. The summed E-state index contributed by atoms with van der Waals surface area (Å²) in [6.45, 7) is 1.96. The van der Waals surface area contributed by atoms with Gasteiger partial charge in [0.1, 0.15) is 21.4 Å². The van der Waals surface area contributed by atoms with E-state index in [9.17, 15) is 17.6 Å². The summed E-state index contributed by atoms with van der Waals surface area (Å²) >= 11 is 0. The van der Waals surface area contributed by atoms with E-state index in [2.05, 4.69) is 10.4 Å². The van der Waals surface area contributed by atoms with Gasteiger partial charge in [0, 0.05) is 17.4 Å². The van der Waals surface area contributed by atoms with Crippen LogP contribution in [0.3, 0.4) is 0 Å². The molecule has 2 aromatic carbocycles. The van der Waals surface area contributed by atoms with E-state index in [1.807, 2.05) is 13.0 Å². The Labute approximate surface area is 173 Å². The number of aromatic nitrogens is 2. The first-order valence-electron chi connectivity index (χ1n) is 9.29. The Bertz CT molecular complexity index is 1230. The number of carbonyl (C=O) groups is 1. The summed E-state index contributed by atoms with van der Waals surface area (Å²) in [6.07, 6.45) is 1.17. The minimum absolute atomic E-state index is 0.0321. The molecule has 2 heterocycles. The van der Waals surface area contributed by atoms with Gasteiger partial charge in [-0.05, 0) is 48.9 Å². The SMILES string of the molecule is Cc1nn(CCS(C)(=O)=O)c(-c2ccc(F)cc2)c1-c1ccc2c(c1)NC(=O)CO2. The zero-order valence-corrected chi connectivity index (χ0v) is 17.3. The minimum atomic E-state index is -3.20. The van der Waals surface area contributed by atoms with Crippen molar-refractivity contribution in [3.8, 4) is 28.1 Å². The Morgan fingerprint density at radius 2 is 1.87 bits per heavy atom. The molecular formula is C21H20FN3O4S. The van der Waals surface area contributed by atoms with Gasteiger partial charge < -0.3 is 10.1 Å². The fourth-order valence-electron chi connectivity index (χ4n) is 3.48. The van der Waals surface area contributed by atoms with Gasteiger partial charge in [-0.15, -0.1) is 0 Å². The minimum Gasteiger partial charge on any atom is -0.482 e. The van der Waals surface area contributed by atoms with Crippen LogP contribution in [0.2, 0.25) is 0 Å². The molecule has 0 unspecified atom stereocenters. The Balaban J connectivity index is 1.87. The number of anilines is 1. The van der Waals surface area contributed by atoms with Gasteiger partial charge in [0.05, 0.1) is 29.4 Å². The van der Waals surface area contributed by atoms with Crippen LogP contribution >= 0.6 is 0 Å². The molecule has 1 aromatic heterocycles. The number of rotatable bonds is 5. The van der Waals surface area contributed by atoms with Gasteiger partial charge in [0.25, 0.3) is 5.91 Å². The Hall–Kier alpha value is -3.20. The molecule has 4 rings (SSSR count). The van der Waals surface area contributed by atoms with Gasteiger partial charge in [-0.2, -0.15) is 5.10 Å². The van der Waals surface area contributed by atoms with Crippen LogP contribution in [-0.4, -0.2) is 42.7 Å². The van der Waals surface area contributed by atoms with Crippen molar-refractivity contribution in [2.75, 3.05) is 23.9 Å². The third-order valence-electron chi connectivity index (χ3n) is 4.82. The molecule has 0 saturated heterocycles. The maximum absolute atomic E-state index is 13.5. The molecule has 30 heavy (non-hydrogen) atoms. The zero-order chi connectivity index (χ0) is 21.5. The Morgan fingerprint density at radius 3 is 2.57 bits per heavy atom. The van der Waals surface area contributed by atoms with E-state index >= 15 is 0 Å². The molecule has 1 aliphatic heterocycles. The third kappa shape index (κ3) is 4.06. The van der Waals surface area contributed by atoms with E-state index in [1.54, 1.807) is 28.9 Å². The second-order valence-corrected chi connectivity index (χ2v) is 9.48. The summed E-state index contributed by atoms with van der Waals surface area (Å²) in [5.41, 5.74) is 4.18. The third-order valence-corrected chi connectivity index (χ3v) is 5.74. The lowest BCUT2D eigenvalue weighted by Crippen LogP contribution is -2.25. The predicted molar refractivity (Wildman–Crippen MR) is 112 cm³/mol. The van der Waals surface area contributed by atoms with Crippen molar-refractivity contribution in [1.82, 2.24) is 9.78 Å². The van der Waals surface area contributed by atoms with E-state index in [4.69, 9.17) is 4.74 Å². The topological polar surface area (TPSA) is 90.3 Å². The van der Waals surface area contributed by atoms with Gasteiger partial charge >= 0.3 is 0 Å². The van der Waals surface area contributed by atoms with Crippen LogP contribution in [0, 0.1) is 12.7 Å². The van der Waals surface area contributed by atoms with Crippen molar-refractivity contribution >= 4 is 21.4 Å². The van der Waals surface area contributed by atoms with Crippen LogP contribution in [0.15, 0.2) is 42.5 Å². The summed E-state index contributed by atoms with van der Waals surface area (Å²) < 4.78 is 44.0. The molecule has 7 nitrogen and oxygen atoms in total. The number of nitrogens with zero attached hydrogens (tertiary/aromatic N) is 2. The van der Waals surface area contributed by atoms with Crippen LogP contribution in [0.1, 0.15) is 5.69 Å². The summed E-state index contributed by atoms with van der Waals surface area (Å²) in [6, 6.07) is 11.4. The normalized spacial score (nSPS) is 13.5. The fraction of sp³-hybridized carbons (Fsp3) is 0.238.